The summed E-state index contributed by atoms with van der Waals surface area (Å²) >= 11 is 3.40. The normalized spacial score (nSPS) is 11.7. The van der Waals surface area contributed by atoms with Gasteiger partial charge in [-0.2, -0.15) is 0 Å². The van der Waals surface area contributed by atoms with E-state index in [9.17, 15) is 4.39 Å². The van der Waals surface area contributed by atoms with Gasteiger partial charge in [-0.25, -0.2) is 14.4 Å². The Labute approximate surface area is 121 Å². The van der Waals surface area contributed by atoms with Crippen molar-refractivity contribution in [3.05, 3.63) is 46.1 Å². The quantitative estimate of drug-likeness (QED) is 0.714. The van der Waals surface area contributed by atoms with Crippen molar-refractivity contribution in [3.8, 4) is 11.3 Å². The molecule has 1 aromatic heterocycles. The van der Waals surface area contributed by atoms with Crippen molar-refractivity contribution in [2.75, 3.05) is 0 Å². The minimum Gasteiger partial charge on any atom is -0.232 e. The second kappa shape index (κ2) is 5.00. The van der Waals surface area contributed by atoms with E-state index in [1.807, 2.05) is 13.0 Å². The summed E-state index contributed by atoms with van der Waals surface area (Å²) in [4.78, 5) is 8.96. The third kappa shape index (κ3) is 3.18. The molecule has 2 nitrogen and oxygen atoms in total. The molecule has 0 atom stereocenters. The van der Waals surface area contributed by atoms with Crippen molar-refractivity contribution >= 4 is 15.9 Å². The molecule has 0 radical (unpaired) electrons. The molecule has 2 rings (SSSR count). The molecule has 0 unspecified atom stereocenters. The van der Waals surface area contributed by atoms with E-state index in [0.717, 1.165) is 22.6 Å². The van der Waals surface area contributed by atoms with Gasteiger partial charge in [-0.15, -0.1) is 0 Å². The number of hydrogen-bond acceptors (Lipinski definition) is 2. The van der Waals surface area contributed by atoms with E-state index in [1.165, 1.54) is 12.1 Å². The summed E-state index contributed by atoms with van der Waals surface area (Å²) in [6, 6.07) is 6.55. The van der Waals surface area contributed by atoms with Crippen molar-refractivity contribution in [1.29, 1.82) is 0 Å². The first kappa shape index (κ1) is 14.1. The third-order valence-electron chi connectivity index (χ3n) is 2.84. The van der Waals surface area contributed by atoms with Crippen LogP contribution in [0.5, 0.6) is 0 Å². The first-order chi connectivity index (χ1) is 8.77. The average Bonchev–Trinajstić information content (AvgIpc) is 2.30. The van der Waals surface area contributed by atoms with Crippen LogP contribution in [0.1, 0.15) is 32.2 Å². The fourth-order valence-corrected chi connectivity index (χ4v) is 2.15. The van der Waals surface area contributed by atoms with Crippen LogP contribution in [0.15, 0.2) is 28.9 Å². The van der Waals surface area contributed by atoms with Crippen LogP contribution in [0.3, 0.4) is 0 Å². The van der Waals surface area contributed by atoms with E-state index >= 15 is 0 Å². The van der Waals surface area contributed by atoms with Gasteiger partial charge in [0.2, 0.25) is 0 Å². The third-order valence-corrected chi connectivity index (χ3v) is 3.25. The van der Waals surface area contributed by atoms with E-state index in [0.29, 0.717) is 4.60 Å². The summed E-state index contributed by atoms with van der Waals surface area (Å²) in [6.07, 6.45) is 0. The number of aryl methyl sites for hydroxylation is 1. The zero-order chi connectivity index (χ0) is 14.2. The van der Waals surface area contributed by atoms with Crippen LogP contribution < -0.4 is 0 Å². The average molecular weight is 323 g/mol. The van der Waals surface area contributed by atoms with Gasteiger partial charge in [0.05, 0.1) is 5.69 Å². The van der Waals surface area contributed by atoms with Gasteiger partial charge < -0.3 is 0 Å². The smallest absolute Gasteiger partial charge is 0.135 e. The minimum atomic E-state index is -0.257. The summed E-state index contributed by atoms with van der Waals surface area (Å²) < 4.78 is 14.1. The lowest BCUT2D eigenvalue weighted by Crippen LogP contribution is -2.16. The molecular formula is C15H16BrFN2. The Kier molecular flexibility index (Phi) is 3.72. The minimum absolute atomic E-state index is 0.153. The number of hydrogen-bond donors (Lipinski definition) is 0. The van der Waals surface area contributed by atoms with Crippen LogP contribution in [-0.4, -0.2) is 9.97 Å². The number of rotatable bonds is 1. The van der Waals surface area contributed by atoms with Crippen molar-refractivity contribution < 1.29 is 4.39 Å². The van der Waals surface area contributed by atoms with Gasteiger partial charge in [-0.1, -0.05) is 26.8 Å². The Morgan fingerprint density at radius 1 is 1.11 bits per heavy atom. The van der Waals surface area contributed by atoms with Gasteiger partial charge in [0.15, 0.2) is 0 Å². The maximum absolute atomic E-state index is 13.4. The molecular weight excluding hydrogens is 307 g/mol. The zero-order valence-electron chi connectivity index (χ0n) is 11.5. The lowest BCUT2D eigenvalue weighted by molar-refractivity contribution is 0.544. The second-order valence-corrected chi connectivity index (χ2v) is 6.42. The molecule has 4 heteroatoms. The predicted molar refractivity (Wildman–Crippen MR) is 78.6 cm³/mol. The first-order valence-corrected chi connectivity index (χ1v) is 6.88. The molecule has 1 aromatic carbocycles. The topological polar surface area (TPSA) is 25.8 Å². The second-order valence-electron chi connectivity index (χ2n) is 5.61. The molecule has 0 aliphatic rings. The number of halogens is 2. The molecule has 0 saturated heterocycles. The maximum atomic E-state index is 13.4. The molecule has 0 fully saturated rings. The molecule has 0 amide bonds. The van der Waals surface area contributed by atoms with Gasteiger partial charge in [0.1, 0.15) is 16.2 Å². The lowest BCUT2D eigenvalue weighted by Gasteiger charge is -2.18. The summed E-state index contributed by atoms with van der Waals surface area (Å²) in [5.41, 5.74) is 2.38. The Morgan fingerprint density at radius 3 is 2.42 bits per heavy atom. The Morgan fingerprint density at radius 2 is 1.79 bits per heavy atom. The first-order valence-electron chi connectivity index (χ1n) is 6.09. The zero-order valence-corrected chi connectivity index (χ0v) is 13.0. The number of aromatic nitrogens is 2. The van der Waals surface area contributed by atoms with Crippen LogP contribution in [0, 0.1) is 12.7 Å². The molecule has 0 saturated carbocycles. The van der Waals surface area contributed by atoms with Crippen molar-refractivity contribution in [1.82, 2.24) is 9.97 Å². The highest BCUT2D eigenvalue weighted by Gasteiger charge is 2.19. The fraction of sp³-hybridized carbons (Fsp3) is 0.333. The molecule has 1 heterocycles. The fourth-order valence-electron chi connectivity index (χ4n) is 1.76. The highest BCUT2D eigenvalue weighted by atomic mass is 79.9. The summed E-state index contributed by atoms with van der Waals surface area (Å²) in [7, 11) is 0. The van der Waals surface area contributed by atoms with Gasteiger partial charge in [-0.05, 0) is 46.6 Å². The molecule has 0 spiro atoms. The SMILES string of the molecule is Cc1ccc(F)cc1-c1cc(Br)nc(C(C)(C)C)n1. The van der Waals surface area contributed by atoms with Crippen LogP contribution in [0.25, 0.3) is 11.3 Å². The lowest BCUT2D eigenvalue weighted by atomic mass is 9.95. The summed E-state index contributed by atoms with van der Waals surface area (Å²) in [6.45, 7) is 8.10. The predicted octanol–water partition coefficient (Wildman–Crippen LogP) is 4.65. The molecule has 0 bridgehead atoms. The van der Waals surface area contributed by atoms with Crippen LogP contribution in [0.4, 0.5) is 4.39 Å². The molecule has 19 heavy (non-hydrogen) atoms. The standard InChI is InChI=1S/C15H16BrFN2/c1-9-5-6-10(17)7-11(9)12-8-13(16)19-14(18-12)15(2,3)4/h5-8H,1-4H3. The number of benzene rings is 1. The highest BCUT2D eigenvalue weighted by Crippen LogP contribution is 2.28. The van der Waals surface area contributed by atoms with E-state index in [4.69, 9.17) is 0 Å². The molecule has 0 aliphatic carbocycles. The largest absolute Gasteiger partial charge is 0.232 e. The van der Waals surface area contributed by atoms with E-state index in [1.54, 1.807) is 6.07 Å². The molecule has 100 valence electrons. The van der Waals surface area contributed by atoms with E-state index < -0.39 is 0 Å². The van der Waals surface area contributed by atoms with Gasteiger partial charge >= 0.3 is 0 Å². The van der Waals surface area contributed by atoms with E-state index in [2.05, 4.69) is 46.7 Å². The maximum Gasteiger partial charge on any atom is 0.135 e. The van der Waals surface area contributed by atoms with Gasteiger partial charge in [-0.3, -0.25) is 0 Å². The summed E-state index contributed by atoms with van der Waals surface area (Å²) in [5, 5.41) is 0. The van der Waals surface area contributed by atoms with Gasteiger partial charge in [0.25, 0.3) is 0 Å². The van der Waals surface area contributed by atoms with Crippen molar-refractivity contribution in [2.24, 2.45) is 0 Å². The van der Waals surface area contributed by atoms with Crippen LogP contribution >= 0.6 is 15.9 Å². The summed E-state index contributed by atoms with van der Waals surface area (Å²) in [5.74, 6) is 0.480. The monoisotopic (exact) mass is 322 g/mol. The van der Waals surface area contributed by atoms with Crippen LogP contribution in [0.2, 0.25) is 0 Å². The number of nitrogens with zero attached hydrogens (tertiary/aromatic N) is 2. The van der Waals surface area contributed by atoms with Crippen LogP contribution in [-0.2, 0) is 5.41 Å². The Hall–Kier alpha value is -1.29. The van der Waals surface area contributed by atoms with Crippen molar-refractivity contribution in [3.63, 3.8) is 0 Å². The molecule has 2 aromatic rings. The molecule has 0 aliphatic heterocycles. The highest BCUT2D eigenvalue weighted by molar-refractivity contribution is 9.10. The Bertz CT molecular complexity index is 618. The Balaban J connectivity index is 2.63. The van der Waals surface area contributed by atoms with Crippen molar-refractivity contribution in [2.45, 2.75) is 33.1 Å². The molecule has 0 N–H and O–H groups in total. The van der Waals surface area contributed by atoms with Gasteiger partial charge in [0, 0.05) is 11.0 Å². The van der Waals surface area contributed by atoms with E-state index in [-0.39, 0.29) is 11.2 Å².